The van der Waals surface area contributed by atoms with Crippen LogP contribution < -0.4 is 16.2 Å². The standard InChI is InChI=1S/C14H14N4O3/c1-7-5-17-14(21)11-9(6-16-12(7)11)13(20)18-10-4-8(19)2-3-15-10/h2-6,10,15-16,19H,1H3,(H,17,21)(H,18,20). The highest BCUT2D eigenvalue weighted by Crippen LogP contribution is 2.17. The van der Waals surface area contributed by atoms with Crippen molar-refractivity contribution in [2.75, 3.05) is 0 Å². The number of carbonyl (C=O) groups excluding carboxylic acids is 1. The predicted molar refractivity (Wildman–Crippen MR) is 77.9 cm³/mol. The molecule has 7 heteroatoms. The molecule has 1 amide bonds. The number of H-pyrrole nitrogens is 2. The molecular weight excluding hydrogens is 272 g/mol. The third-order valence-electron chi connectivity index (χ3n) is 3.32. The molecule has 2 aromatic heterocycles. The van der Waals surface area contributed by atoms with E-state index in [4.69, 9.17) is 0 Å². The molecule has 0 aliphatic carbocycles. The summed E-state index contributed by atoms with van der Waals surface area (Å²) in [6.45, 7) is 1.84. The van der Waals surface area contributed by atoms with Gasteiger partial charge in [-0.2, -0.15) is 0 Å². The fourth-order valence-corrected chi connectivity index (χ4v) is 2.28. The summed E-state index contributed by atoms with van der Waals surface area (Å²) in [5.74, 6) is -0.346. The van der Waals surface area contributed by atoms with Gasteiger partial charge in [-0.3, -0.25) is 9.59 Å². The average Bonchev–Trinajstić information content (AvgIpc) is 2.89. The zero-order chi connectivity index (χ0) is 15.0. The molecule has 1 unspecified atom stereocenters. The third-order valence-corrected chi connectivity index (χ3v) is 3.32. The molecule has 0 fully saturated rings. The molecule has 1 atom stereocenters. The van der Waals surface area contributed by atoms with Crippen LogP contribution in [0.5, 0.6) is 0 Å². The number of aliphatic hydroxyl groups is 1. The Morgan fingerprint density at radius 3 is 2.90 bits per heavy atom. The minimum absolute atomic E-state index is 0.0617. The number of amides is 1. The van der Waals surface area contributed by atoms with Crippen LogP contribution >= 0.6 is 0 Å². The highest BCUT2D eigenvalue weighted by Gasteiger charge is 2.18. The summed E-state index contributed by atoms with van der Waals surface area (Å²) in [5.41, 5.74) is 1.43. The van der Waals surface area contributed by atoms with E-state index in [9.17, 15) is 14.7 Å². The van der Waals surface area contributed by atoms with Crippen molar-refractivity contribution >= 4 is 16.8 Å². The smallest absolute Gasteiger partial charge is 0.258 e. The summed E-state index contributed by atoms with van der Waals surface area (Å²) in [6.07, 6.45) is 7.04. The molecule has 3 heterocycles. The summed E-state index contributed by atoms with van der Waals surface area (Å²) in [5, 5.41) is 15.3. The Morgan fingerprint density at radius 2 is 2.14 bits per heavy atom. The fourth-order valence-electron chi connectivity index (χ4n) is 2.28. The van der Waals surface area contributed by atoms with Gasteiger partial charge in [-0.25, -0.2) is 0 Å². The summed E-state index contributed by atoms with van der Waals surface area (Å²) in [7, 11) is 0. The molecule has 0 bridgehead atoms. The highest BCUT2D eigenvalue weighted by molar-refractivity contribution is 6.07. The number of aliphatic hydroxyl groups excluding tert-OH is 1. The van der Waals surface area contributed by atoms with E-state index in [1.165, 1.54) is 24.5 Å². The van der Waals surface area contributed by atoms with E-state index in [-0.39, 0.29) is 16.9 Å². The maximum Gasteiger partial charge on any atom is 0.258 e. The second-order valence-corrected chi connectivity index (χ2v) is 4.80. The number of hydrogen-bond acceptors (Lipinski definition) is 4. The van der Waals surface area contributed by atoms with Crippen LogP contribution in [0.15, 0.2) is 41.3 Å². The first-order valence-electron chi connectivity index (χ1n) is 6.40. The van der Waals surface area contributed by atoms with Crippen molar-refractivity contribution in [3.05, 3.63) is 58.0 Å². The van der Waals surface area contributed by atoms with E-state index < -0.39 is 12.1 Å². The number of nitrogens with one attached hydrogen (secondary N) is 4. The number of aromatic amines is 2. The molecule has 1 aliphatic heterocycles. The van der Waals surface area contributed by atoms with Crippen LogP contribution in [0.3, 0.4) is 0 Å². The molecule has 7 nitrogen and oxygen atoms in total. The minimum Gasteiger partial charge on any atom is -0.508 e. The summed E-state index contributed by atoms with van der Waals surface area (Å²) >= 11 is 0. The second-order valence-electron chi connectivity index (χ2n) is 4.80. The van der Waals surface area contributed by atoms with Gasteiger partial charge < -0.3 is 25.7 Å². The maximum absolute atomic E-state index is 12.3. The number of fused-ring (bicyclic) bond motifs is 1. The Balaban J connectivity index is 1.94. The van der Waals surface area contributed by atoms with Gasteiger partial charge in [0, 0.05) is 18.6 Å². The number of aromatic nitrogens is 2. The van der Waals surface area contributed by atoms with Gasteiger partial charge in [0.1, 0.15) is 11.9 Å². The van der Waals surface area contributed by atoms with Crippen molar-refractivity contribution in [2.24, 2.45) is 0 Å². The Bertz CT molecular complexity index is 828. The zero-order valence-corrected chi connectivity index (χ0v) is 11.2. The summed E-state index contributed by atoms with van der Waals surface area (Å²) in [4.78, 5) is 29.8. The second kappa shape index (κ2) is 4.86. The van der Waals surface area contributed by atoms with Crippen molar-refractivity contribution in [1.82, 2.24) is 20.6 Å². The number of rotatable bonds is 2. The van der Waals surface area contributed by atoms with Crippen LogP contribution in [0.4, 0.5) is 0 Å². The largest absolute Gasteiger partial charge is 0.508 e. The van der Waals surface area contributed by atoms with Crippen LogP contribution in [0.2, 0.25) is 0 Å². The first kappa shape index (κ1) is 13.0. The normalized spacial score (nSPS) is 17.4. The zero-order valence-electron chi connectivity index (χ0n) is 11.2. The number of hydrogen-bond donors (Lipinski definition) is 5. The van der Waals surface area contributed by atoms with Crippen LogP contribution in [0, 0.1) is 6.92 Å². The van der Waals surface area contributed by atoms with Crippen molar-refractivity contribution in [1.29, 1.82) is 0 Å². The van der Waals surface area contributed by atoms with Crippen molar-refractivity contribution in [3.8, 4) is 0 Å². The number of allylic oxidation sites excluding steroid dienone is 1. The number of dihydropyridines is 1. The van der Waals surface area contributed by atoms with E-state index >= 15 is 0 Å². The predicted octanol–water partition coefficient (Wildman–Crippen LogP) is 0.779. The van der Waals surface area contributed by atoms with Crippen LogP contribution in [-0.4, -0.2) is 27.1 Å². The van der Waals surface area contributed by atoms with Crippen molar-refractivity contribution in [2.45, 2.75) is 13.1 Å². The molecule has 108 valence electrons. The molecule has 0 saturated heterocycles. The lowest BCUT2D eigenvalue weighted by Crippen LogP contribution is -2.43. The van der Waals surface area contributed by atoms with E-state index in [0.29, 0.717) is 10.9 Å². The lowest BCUT2D eigenvalue weighted by atomic mass is 10.1. The van der Waals surface area contributed by atoms with Gasteiger partial charge in [-0.1, -0.05) is 0 Å². The maximum atomic E-state index is 12.3. The molecule has 3 rings (SSSR count). The van der Waals surface area contributed by atoms with Gasteiger partial charge in [0.05, 0.1) is 16.5 Å². The van der Waals surface area contributed by atoms with Gasteiger partial charge >= 0.3 is 0 Å². The molecular formula is C14H14N4O3. The fraction of sp³-hybridized carbons (Fsp3) is 0.143. The SMILES string of the molecule is Cc1c[nH]c(=O)c2c(C(=O)NC3C=C(O)C=CN3)c[nH]c12. The van der Waals surface area contributed by atoms with Crippen molar-refractivity contribution in [3.63, 3.8) is 0 Å². The van der Waals surface area contributed by atoms with Gasteiger partial charge in [0.15, 0.2) is 0 Å². The quantitative estimate of drug-likeness (QED) is 0.562. The first-order chi connectivity index (χ1) is 10.1. The minimum atomic E-state index is -0.531. The molecule has 0 aromatic carbocycles. The van der Waals surface area contributed by atoms with E-state index in [1.807, 2.05) is 6.92 Å². The van der Waals surface area contributed by atoms with Crippen molar-refractivity contribution < 1.29 is 9.90 Å². The topological polar surface area (TPSA) is 110 Å². The summed E-state index contributed by atoms with van der Waals surface area (Å²) < 4.78 is 0. The Kier molecular flexibility index (Phi) is 3.02. The first-order valence-corrected chi connectivity index (χ1v) is 6.40. The molecule has 2 aromatic rings. The molecule has 0 radical (unpaired) electrons. The third kappa shape index (κ3) is 2.29. The lowest BCUT2D eigenvalue weighted by molar-refractivity contribution is 0.0942. The number of pyridine rings is 1. The lowest BCUT2D eigenvalue weighted by Gasteiger charge is -2.18. The van der Waals surface area contributed by atoms with E-state index in [1.54, 1.807) is 6.20 Å². The molecule has 5 N–H and O–H groups in total. The van der Waals surface area contributed by atoms with E-state index in [2.05, 4.69) is 20.6 Å². The van der Waals surface area contributed by atoms with Crippen LogP contribution in [0.25, 0.3) is 10.9 Å². The Labute approximate surface area is 119 Å². The monoisotopic (exact) mass is 286 g/mol. The number of aryl methyl sites for hydroxylation is 1. The molecule has 1 aliphatic rings. The summed E-state index contributed by atoms with van der Waals surface area (Å²) in [6, 6.07) is 0. The molecule has 21 heavy (non-hydrogen) atoms. The molecule has 0 saturated carbocycles. The van der Waals surface area contributed by atoms with Crippen LogP contribution in [0.1, 0.15) is 15.9 Å². The average molecular weight is 286 g/mol. The Morgan fingerprint density at radius 1 is 1.33 bits per heavy atom. The van der Waals surface area contributed by atoms with Gasteiger partial charge in [0.25, 0.3) is 11.5 Å². The van der Waals surface area contributed by atoms with E-state index in [0.717, 1.165) is 5.56 Å². The van der Waals surface area contributed by atoms with Gasteiger partial charge in [-0.15, -0.1) is 0 Å². The van der Waals surface area contributed by atoms with Gasteiger partial charge in [-0.05, 0) is 24.6 Å². The molecule has 0 spiro atoms. The number of carbonyl (C=O) groups is 1. The Hall–Kier alpha value is -2.96. The van der Waals surface area contributed by atoms with Gasteiger partial charge in [0.2, 0.25) is 0 Å². The van der Waals surface area contributed by atoms with Crippen LogP contribution in [-0.2, 0) is 0 Å². The highest BCUT2D eigenvalue weighted by atomic mass is 16.3.